The molecule has 0 fully saturated rings. The maximum Gasteiger partial charge on any atom is 0.258 e. The standard InChI is InChI=1S/C20H39NO7/c1-2-3-4-5-6-7-8-9-10-11-12-13-16(24)21-20(28)19(27)18(26)17(25)15(23)14-22/h15,17-19,22-23,25-27H,2-14H2,1H3,(H,21,24,28)/t15-,17-,18+,19-/m1/s1. The normalized spacial score (nSPS) is 15.6. The van der Waals surface area contributed by atoms with E-state index in [-0.39, 0.29) is 6.42 Å². The van der Waals surface area contributed by atoms with Crippen molar-refractivity contribution in [2.45, 2.75) is 108 Å². The Kier molecular flexibility index (Phi) is 16.2. The van der Waals surface area contributed by atoms with Crippen molar-refractivity contribution in [2.75, 3.05) is 6.61 Å². The summed E-state index contributed by atoms with van der Waals surface area (Å²) in [6.07, 6.45) is 4.99. The maximum atomic E-state index is 11.7. The van der Waals surface area contributed by atoms with E-state index < -0.39 is 42.8 Å². The number of amides is 2. The van der Waals surface area contributed by atoms with Gasteiger partial charge in [0.25, 0.3) is 5.91 Å². The topological polar surface area (TPSA) is 147 Å². The first-order valence-electron chi connectivity index (χ1n) is 10.5. The summed E-state index contributed by atoms with van der Waals surface area (Å²) in [5.41, 5.74) is 0. The van der Waals surface area contributed by atoms with Crippen LogP contribution in [0.3, 0.4) is 0 Å². The van der Waals surface area contributed by atoms with Gasteiger partial charge in [-0.3, -0.25) is 14.9 Å². The first-order valence-corrected chi connectivity index (χ1v) is 10.5. The first-order chi connectivity index (χ1) is 13.3. The van der Waals surface area contributed by atoms with E-state index >= 15 is 0 Å². The highest BCUT2D eigenvalue weighted by Gasteiger charge is 2.34. The minimum atomic E-state index is -2.09. The largest absolute Gasteiger partial charge is 0.394 e. The van der Waals surface area contributed by atoms with Crippen molar-refractivity contribution in [3.8, 4) is 0 Å². The Balaban J connectivity index is 3.79. The molecule has 8 heteroatoms. The molecule has 4 atom stereocenters. The van der Waals surface area contributed by atoms with Gasteiger partial charge >= 0.3 is 0 Å². The van der Waals surface area contributed by atoms with Gasteiger partial charge in [-0.2, -0.15) is 0 Å². The Bertz CT molecular complexity index is 419. The van der Waals surface area contributed by atoms with Gasteiger partial charge in [0.1, 0.15) is 18.3 Å². The molecule has 0 aliphatic rings. The highest BCUT2D eigenvalue weighted by molar-refractivity contribution is 5.97. The summed E-state index contributed by atoms with van der Waals surface area (Å²) < 4.78 is 0. The van der Waals surface area contributed by atoms with Crippen LogP contribution >= 0.6 is 0 Å². The average molecular weight is 406 g/mol. The average Bonchev–Trinajstić information content (AvgIpc) is 2.69. The zero-order valence-corrected chi connectivity index (χ0v) is 17.1. The van der Waals surface area contributed by atoms with Crippen LogP contribution in [0.2, 0.25) is 0 Å². The SMILES string of the molecule is CCCCCCCCCCCCCC(=O)NC(=O)[C@H](O)[C@@H](O)[C@H](O)[C@H](O)CO. The Morgan fingerprint density at radius 1 is 0.750 bits per heavy atom. The van der Waals surface area contributed by atoms with Crippen LogP contribution in [0, 0.1) is 0 Å². The third-order valence-corrected chi connectivity index (χ3v) is 4.79. The Labute approximate surface area is 168 Å². The van der Waals surface area contributed by atoms with Crippen LogP contribution in [0.5, 0.6) is 0 Å². The van der Waals surface area contributed by atoms with E-state index in [9.17, 15) is 30.0 Å². The van der Waals surface area contributed by atoms with Crippen LogP contribution in [0.1, 0.15) is 84.0 Å². The highest BCUT2D eigenvalue weighted by Crippen LogP contribution is 2.12. The third-order valence-electron chi connectivity index (χ3n) is 4.79. The number of hydrogen-bond donors (Lipinski definition) is 6. The predicted molar refractivity (Wildman–Crippen MR) is 105 cm³/mol. The van der Waals surface area contributed by atoms with Crippen molar-refractivity contribution in [2.24, 2.45) is 0 Å². The number of carbonyl (C=O) groups excluding carboxylic acids is 2. The number of carbonyl (C=O) groups is 2. The van der Waals surface area contributed by atoms with Crippen LogP contribution in [-0.2, 0) is 9.59 Å². The van der Waals surface area contributed by atoms with Gasteiger partial charge in [0.2, 0.25) is 5.91 Å². The molecule has 8 nitrogen and oxygen atoms in total. The fourth-order valence-corrected chi connectivity index (χ4v) is 2.90. The van der Waals surface area contributed by atoms with Gasteiger partial charge in [-0.15, -0.1) is 0 Å². The van der Waals surface area contributed by atoms with E-state index in [0.29, 0.717) is 6.42 Å². The van der Waals surface area contributed by atoms with Crippen molar-refractivity contribution < 1.29 is 35.1 Å². The van der Waals surface area contributed by atoms with Crippen molar-refractivity contribution in [3.05, 3.63) is 0 Å². The van der Waals surface area contributed by atoms with Crippen LogP contribution in [0.25, 0.3) is 0 Å². The molecule has 6 N–H and O–H groups in total. The van der Waals surface area contributed by atoms with Gasteiger partial charge in [0.05, 0.1) is 6.61 Å². The molecular weight excluding hydrogens is 366 g/mol. The quantitative estimate of drug-likeness (QED) is 0.196. The second-order valence-corrected chi connectivity index (χ2v) is 7.37. The van der Waals surface area contributed by atoms with Crippen LogP contribution < -0.4 is 5.32 Å². The molecule has 0 spiro atoms. The lowest BCUT2D eigenvalue weighted by Gasteiger charge is -2.24. The fraction of sp³-hybridized carbons (Fsp3) is 0.900. The van der Waals surface area contributed by atoms with Crippen LogP contribution in [0.4, 0.5) is 0 Å². The predicted octanol–water partition coefficient (Wildman–Crippen LogP) is 0.766. The van der Waals surface area contributed by atoms with E-state index in [0.717, 1.165) is 19.3 Å². The molecule has 0 unspecified atom stereocenters. The molecule has 0 saturated carbocycles. The van der Waals surface area contributed by atoms with E-state index in [1.807, 2.05) is 5.32 Å². The molecule has 0 aromatic carbocycles. The Morgan fingerprint density at radius 2 is 1.21 bits per heavy atom. The third kappa shape index (κ3) is 12.4. The van der Waals surface area contributed by atoms with Crippen LogP contribution in [0.15, 0.2) is 0 Å². The summed E-state index contributed by atoms with van der Waals surface area (Å²) in [6.45, 7) is 1.36. The van der Waals surface area contributed by atoms with Gasteiger partial charge in [-0.25, -0.2) is 0 Å². The molecule has 0 rings (SSSR count). The van der Waals surface area contributed by atoms with E-state index in [2.05, 4.69) is 6.92 Å². The number of imide groups is 1. The lowest BCUT2D eigenvalue weighted by Crippen LogP contribution is -2.52. The van der Waals surface area contributed by atoms with Gasteiger partial charge < -0.3 is 25.5 Å². The lowest BCUT2D eigenvalue weighted by atomic mass is 10.0. The molecule has 0 bridgehead atoms. The van der Waals surface area contributed by atoms with Crippen molar-refractivity contribution in [3.63, 3.8) is 0 Å². The van der Waals surface area contributed by atoms with E-state index in [4.69, 9.17) is 5.11 Å². The smallest absolute Gasteiger partial charge is 0.258 e. The molecular formula is C20H39NO7. The highest BCUT2D eigenvalue weighted by atomic mass is 16.4. The minimum Gasteiger partial charge on any atom is -0.394 e. The number of hydrogen-bond acceptors (Lipinski definition) is 7. The summed E-state index contributed by atoms with van der Waals surface area (Å²) in [7, 11) is 0. The zero-order chi connectivity index (χ0) is 21.4. The number of rotatable bonds is 17. The van der Waals surface area contributed by atoms with Crippen molar-refractivity contribution in [1.82, 2.24) is 5.32 Å². The molecule has 166 valence electrons. The molecule has 0 aliphatic heterocycles. The number of aliphatic hydroxyl groups excluding tert-OH is 5. The molecule has 0 heterocycles. The molecule has 0 radical (unpaired) electrons. The molecule has 0 aliphatic carbocycles. The van der Waals surface area contributed by atoms with Gasteiger partial charge in [0.15, 0.2) is 6.10 Å². The minimum absolute atomic E-state index is 0.132. The fourth-order valence-electron chi connectivity index (χ4n) is 2.90. The summed E-state index contributed by atoms with van der Waals surface area (Å²) >= 11 is 0. The number of nitrogens with one attached hydrogen (secondary N) is 1. The van der Waals surface area contributed by atoms with E-state index in [1.165, 1.54) is 44.9 Å². The second kappa shape index (κ2) is 16.9. The van der Waals surface area contributed by atoms with Gasteiger partial charge in [0, 0.05) is 6.42 Å². The summed E-state index contributed by atoms with van der Waals surface area (Å²) in [5.74, 6) is -1.71. The summed E-state index contributed by atoms with van der Waals surface area (Å²) in [6, 6.07) is 0. The molecule has 28 heavy (non-hydrogen) atoms. The molecule has 0 aromatic rings. The summed E-state index contributed by atoms with van der Waals surface area (Å²) in [5, 5.41) is 48.6. The monoisotopic (exact) mass is 405 g/mol. The Morgan fingerprint density at radius 3 is 1.68 bits per heavy atom. The first kappa shape index (κ1) is 26.9. The molecule has 0 saturated heterocycles. The van der Waals surface area contributed by atoms with Crippen molar-refractivity contribution in [1.29, 1.82) is 0 Å². The van der Waals surface area contributed by atoms with Crippen LogP contribution in [-0.4, -0.2) is 68.4 Å². The Hall–Kier alpha value is -1.06. The number of aliphatic hydroxyl groups is 5. The van der Waals surface area contributed by atoms with Gasteiger partial charge in [-0.05, 0) is 6.42 Å². The lowest BCUT2D eigenvalue weighted by molar-refractivity contribution is -0.151. The second-order valence-electron chi connectivity index (χ2n) is 7.37. The van der Waals surface area contributed by atoms with Crippen molar-refractivity contribution >= 4 is 11.8 Å². The van der Waals surface area contributed by atoms with Gasteiger partial charge in [-0.1, -0.05) is 71.1 Å². The van der Waals surface area contributed by atoms with E-state index in [1.54, 1.807) is 0 Å². The number of unbranched alkanes of at least 4 members (excludes halogenated alkanes) is 10. The molecule has 2 amide bonds. The maximum absolute atomic E-state index is 11.7. The summed E-state index contributed by atoms with van der Waals surface area (Å²) in [4.78, 5) is 23.4. The molecule has 0 aromatic heterocycles. The zero-order valence-electron chi connectivity index (χ0n) is 17.1.